The van der Waals surface area contributed by atoms with E-state index < -0.39 is 12.5 Å². The topological polar surface area (TPSA) is 41.3 Å². The Morgan fingerprint density at radius 1 is 1.21 bits per heavy atom. The zero-order valence-corrected chi connectivity index (χ0v) is 13.3. The smallest absolute Gasteiger partial charge is 0.258 e. The summed E-state index contributed by atoms with van der Waals surface area (Å²) in [5.41, 5.74) is 6.81. The van der Waals surface area contributed by atoms with Crippen molar-refractivity contribution >= 4 is 37.5 Å². The normalized spacial score (nSPS) is 18.8. The molecule has 19 heavy (non-hydrogen) atoms. The molecule has 1 aliphatic rings. The molecule has 0 unspecified atom stereocenters. The Hall–Kier alpha value is -0.240. The molecule has 1 heterocycles. The first kappa shape index (κ1) is 15.2. The molecule has 1 fully saturated rings. The fourth-order valence-electron chi connectivity index (χ4n) is 2.30. The molecule has 0 radical (unpaired) electrons. The highest BCUT2D eigenvalue weighted by Crippen LogP contribution is 2.37. The number of piperazine rings is 1. The lowest BCUT2D eigenvalue weighted by Gasteiger charge is -2.35. The predicted molar refractivity (Wildman–Crippen MR) is 79.4 cm³/mol. The molecule has 1 aromatic rings. The Morgan fingerprint density at radius 3 is 2.42 bits per heavy atom. The second-order valence-corrected chi connectivity index (χ2v) is 6.23. The van der Waals surface area contributed by atoms with Gasteiger partial charge in [-0.2, -0.15) is 0 Å². The number of nitrogens with two attached hydrogens (primary N) is 1. The van der Waals surface area contributed by atoms with Crippen molar-refractivity contribution in [1.82, 2.24) is 10.2 Å². The minimum atomic E-state index is -2.47. The van der Waals surface area contributed by atoms with Crippen LogP contribution in [0.4, 0.5) is 14.5 Å². The zero-order chi connectivity index (χ0) is 14.0. The number of nitrogen functional groups attached to an aromatic ring is 1. The number of halogens is 4. The van der Waals surface area contributed by atoms with E-state index in [0.29, 0.717) is 28.8 Å². The van der Waals surface area contributed by atoms with Crippen molar-refractivity contribution in [3.8, 4) is 0 Å². The van der Waals surface area contributed by atoms with Crippen molar-refractivity contribution in [2.75, 3.05) is 31.9 Å². The van der Waals surface area contributed by atoms with Crippen molar-refractivity contribution < 1.29 is 8.78 Å². The summed E-state index contributed by atoms with van der Waals surface area (Å²) in [6, 6.07) is 2.48. The molecule has 106 valence electrons. The molecule has 3 nitrogen and oxygen atoms in total. The van der Waals surface area contributed by atoms with Crippen LogP contribution < -0.4 is 11.1 Å². The zero-order valence-electron chi connectivity index (χ0n) is 10.2. The van der Waals surface area contributed by atoms with Gasteiger partial charge in [-0.15, -0.1) is 0 Å². The highest BCUT2D eigenvalue weighted by molar-refractivity contribution is 9.11. The van der Waals surface area contributed by atoms with Gasteiger partial charge >= 0.3 is 0 Å². The third-order valence-electron chi connectivity index (χ3n) is 3.23. The van der Waals surface area contributed by atoms with E-state index in [2.05, 4.69) is 37.2 Å². The van der Waals surface area contributed by atoms with Gasteiger partial charge in [0.15, 0.2) is 0 Å². The first-order valence-electron chi connectivity index (χ1n) is 5.98. The fourth-order valence-corrected chi connectivity index (χ4v) is 3.56. The highest BCUT2D eigenvalue weighted by atomic mass is 79.9. The number of benzene rings is 1. The van der Waals surface area contributed by atoms with Gasteiger partial charge in [0.2, 0.25) is 0 Å². The van der Waals surface area contributed by atoms with Crippen molar-refractivity contribution in [2.45, 2.75) is 12.5 Å². The number of nitrogens with zero attached hydrogens (tertiary/aromatic N) is 1. The molecule has 1 atom stereocenters. The van der Waals surface area contributed by atoms with Crippen LogP contribution in [0, 0.1) is 0 Å². The van der Waals surface area contributed by atoms with Gasteiger partial charge in [0, 0.05) is 40.7 Å². The number of hydrogen-bond acceptors (Lipinski definition) is 3. The molecule has 0 saturated carbocycles. The van der Waals surface area contributed by atoms with E-state index in [-0.39, 0.29) is 0 Å². The van der Waals surface area contributed by atoms with Gasteiger partial charge in [-0.3, -0.25) is 4.90 Å². The molecule has 1 aliphatic heterocycles. The maximum atomic E-state index is 13.5. The van der Waals surface area contributed by atoms with Gasteiger partial charge in [0.05, 0.1) is 11.7 Å². The maximum absolute atomic E-state index is 13.5. The van der Waals surface area contributed by atoms with Crippen LogP contribution in [0.5, 0.6) is 0 Å². The molecule has 3 N–H and O–H groups in total. The van der Waals surface area contributed by atoms with Crippen molar-refractivity contribution in [1.29, 1.82) is 0 Å². The van der Waals surface area contributed by atoms with E-state index >= 15 is 0 Å². The number of anilines is 1. The van der Waals surface area contributed by atoms with Gasteiger partial charge in [-0.1, -0.05) is 15.9 Å². The predicted octanol–water partition coefficient (Wildman–Crippen LogP) is 3.01. The first-order chi connectivity index (χ1) is 9.00. The Labute approximate surface area is 127 Å². The van der Waals surface area contributed by atoms with Crippen molar-refractivity contribution in [2.24, 2.45) is 0 Å². The van der Waals surface area contributed by atoms with E-state index in [4.69, 9.17) is 5.73 Å². The summed E-state index contributed by atoms with van der Waals surface area (Å²) in [5.74, 6) is 0. The summed E-state index contributed by atoms with van der Waals surface area (Å²) in [7, 11) is 0. The Morgan fingerprint density at radius 2 is 1.84 bits per heavy atom. The molecule has 1 saturated heterocycles. The maximum Gasteiger partial charge on any atom is 0.258 e. The molecule has 0 aliphatic carbocycles. The molecule has 0 spiro atoms. The molecule has 1 aromatic carbocycles. The molecular weight excluding hydrogens is 384 g/mol. The van der Waals surface area contributed by atoms with E-state index in [1.54, 1.807) is 17.0 Å². The molecule has 7 heteroatoms. The van der Waals surface area contributed by atoms with Crippen molar-refractivity contribution in [3.63, 3.8) is 0 Å². The van der Waals surface area contributed by atoms with Crippen LogP contribution in [0.3, 0.4) is 0 Å². The second-order valence-electron chi connectivity index (χ2n) is 4.46. The summed E-state index contributed by atoms with van der Waals surface area (Å²) in [6.45, 7) is 2.63. The van der Waals surface area contributed by atoms with Crippen LogP contribution in [-0.2, 0) is 0 Å². The molecule has 2 rings (SSSR count). The van der Waals surface area contributed by atoms with E-state index in [1.807, 2.05) is 0 Å². The average Bonchev–Trinajstić information content (AvgIpc) is 2.36. The lowest BCUT2D eigenvalue weighted by atomic mass is 10.0. The van der Waals surface area contributed by atoms with Crippen LogP contribution in [-0.4, -0.2) is 37.5 Å². The van der Waals surface area contributed by atoms with Crippen LogP contribution >= 0.6 is 31.9 Å². The molecule has 0 bridgehead atoms. The van der Waals surface area contributed by atoms with Crippen LogP contribution in [0.15, 0.2) is 21.1 Å². The molecular formula is C12H15Br2F2N3. The summed E-state index contributed by atoms with van der Waals surface area (Å²) in [4.78, 5) is 1.78. The minimum Gasteiger partial charge on any atom is -0.398 e. The third-order valence-corrected chi connectivity index (χ3v) is 4.34. The van der Waals surface area contributed by atoms with E-state index in [0.717, 1.165) is 17.6 Å². The molecule has 0 aromatic heterocycles. The number of hydrogen-bond donors (Lipinski definition) is 2. The average molecular weight is 399 g/mol. The summed E-state index contributed by atoms with van der Waals surface area (Å²) in [5, 5.41) is 3.16. The Balaban J connectivity index is 2.38. The van der Waals surface area contributed by atoms with Gasteiger partial charge in [0.1, 0.15) is 0 Å². The molecule has 0 amide bonds. The largest absolute Gasteiger partial charge is 0.398 e. The standard InChI is InChI=1S/C12H15Br2F2N3/c13-7-5-8(10(17)9(14)6-7)11(12(15)16)19-3-1-18-2-4-19/h5-6,11-12,18H,1-4,17H2/t11-/m1/s1. The SMILES string of the molecule is Nc1c(Br)cc(Br)cc1[C@H](C(F)F)N1CCNCC1. The number of alkyl halides is 2. The monoisotopic (exact) mass is 397 g/mol. The fraction of sp³-hybridized carbons (Fsp3) is 0.500. The summed E-state index contributed by atoms with van der Waals surface area (Å²) in [6.07, 6.45) is -2.47. The van der Waals surface area contributed by atoms with Crippen molar-refractivity contribution in [3.05, 3.63) is 26.6 Å². The van der Waals surface area contributed by atoms with Gasteiger partial charge in [-0.05, 0) is 28.1 Å². The Bertz CT molecular complexity index is 451. The van der Waals surface area contributed by atoms with Crippen LogP contribution in [0.1, 0.15) is 11.6 Å². The van der Waals surface area contributed by atoms with Crippen LogP contribution in [0.2, 0.25) is 0 Å². The summed E-state index contributed by atoms with van der Waals surface area (Å²) < 4.78 is 28.3. The van der Waals surface area contributed by atoms with E-state index in [9.17, 15) is 8.78 Å². The first-order valence-corrected chi connectivity index (χ1v) is 7.56. The number of rotatable bonds is 3. The summed E-state index contributed by atoms with van der Waals surface area (Å²) >= 11 is 6.63. The van der Waals surface area contributed by atoms with E-state index in [1.165, 1.54) is 0 Å². The van der Waals surface area contributed by atoms with Gasteiger partial charge in [0.25, 0.3) is 6.43 Å². The Kier molecular flexibility index (Phi) is 5.16. The van der Waals surface area contributed by atoms with Gasteiger partial charge < -0.3 is 11.1 Å². The minimum absolute atomic E-state index is 0.382. The van der Waals surface area contributed by atoms with Gasteiger partial charge in [-0.25, -0.2) is 8.78 Å². The van der Waals surface area contributed by atoms with Crippen LogP contribution in [0.25, 0.3) is 0 Å². The lowest BCUT2D eigenvalue weighted by Crippen LogP contribution is -2.47. The number of nitrogens with one attached hydrogen (secondary N) is 1. The third kappa shape index (κ3) is 3.45. The quantitative estimate of drug-likeness (QED) is 0.769. The second kappa shape index (κ2) is 6.47. The lowest BCUT2D eigenvalue weighted by molar-refractivity contribution is 0.0185. The highest BCUT2D eigenvalue weighted by Gasteiger charge is 2.32.